The quantitative estimate of drug-likeness (QED) is 0.337. The lowest BCUT2D eigenvalue weighted by Gasteiger charge is -2.08. The van der Waals surface area contributed by atoms with Gasteiger partial charge in [0.15, 0.2) is 5.82 Å². The summed E-state index contributed by atoms with van der Waals surface area (Å²) in [4.78, 5) is 18.4. The van der Waals surface area contributed by atoms with E-state index in [1.54, 1.807) is 0 Å². The van der Waals surface area contributed by atoms with Crippen LogP contribution >= 0.6 is 15.9 Å². The second-order valence-electron chi connectivity index (χ2n) is 3.03. The molecule has 0 radical (unpaired) electrons. The lowest BCUT2D eigenvalue weighted by Crippen LogP contribution is -2.14. The average molecular weight is 289 g/mol. The third-order valence-corrected chi connectivity index (χ3v) is 2.57. The van der Waals surface area contributed by atoms with Crippen LogP contribution in [0.5, 0.6) is 0 Å². The van der Waals surface area contributed by atoms with Crippen LogP contribution in [0.4, 0.5) is 11.6 Å². The number of rotatable bonds is 6. The van der Waals surface area contributed by atoms with Gasteiger partial charge in [-0.3, -0.25) is 4.79 Å². The topological polar surface area (TPSA) is 119 Å². The van der Waals surface area contributed by atoms with Gasteiger partial charge in [-0.2, -0.15) is 0 Å². The van der Waals surface area contributed by atoms with Crippen LogP contribution in [0.2, 0.25) is 0 Å². The molecule has 1 aromatic heterocycles. The van der Waals surface area contributed by atoms with Gasteiger partial charge in [-0.15, -0.1) is 0 Å². The standard InChI is InChI=1S/C8H13BrN6O/c9-6-7(12-3-1-2-5(10)16)13-4-14-8(6)15-11/h4H,1-3,11H2,(H2,10,16)(H2,12,13,14,15). The normalized spacial score (nSPS) is 9.88. The van der Waals surface area contributed by atoms with E-state index in [4.69, 9.17) is 11.6 Å². The molecule has 7 nitrogen and oxygen atoms in total. The van der Waals surface area contributed by atoms with Crippen LogP contribution in [0.15, 0.2) is 10.8 Å². The molecular formula is C8H13BrN6O. The van der Waals surface area contributed by atoms with E-state index in [0.717, 1.165) is 0 Å². The van der Waals surface area contributed by atoms with Crippen molar-refractivity contribution in [1.82, 2.24) is 9.97 Å². The maximum atomic E-state index is 10.5. The van der Waals surface area contributed by atoms with Gasteiger partial charge in [0.25, 0.3) is 0 Å². The summed E-state index contributed by atoms with van der Waals surface area (Å²) in [6.45, 7) is 0.600. The molecule has 6 N–H and O–H groups in total. The van der Waals surface area contributed by atoms with E-state index in [1.165, 1.54) is 6.33 Å². The van der Waals surface area contributed by atoms with Crippen LogP contribution in [0.25, 0.3) is 0 Å². The number of nitrogens with zero attached hydrogens (tertiary/aromatic N) is 2. The number of hydrogen-bond acceptors (Lipinski definition) is 6. The number of carbonyl (C=O) groups excluding carboxylic acids is 1. The average Bonchev–Trinajstić information content (AvgIpc) is 2.26. The molecule has 0 fully saturated rings. The van der Waals surface area contributed by atoms with Crippen molar-refractivity contribution in [2.45, 2.75) is 12.8 Å². The molecule has 0 atom stereocenters. The molecule has 1 rings (SSSR count). The number of nitrogens with two attached hydrogens (primary N) is 2. The van der Waals surface area contributed by atoms with Crippen LogP contribution in [-0.4, -0.2) is 22.4 Å². The first-order valence-corrected chi connectivity index (χ1v) is 5.43. The number of nitrogens with one attached hydrogen (secondary N) is 2. The molecular weight excluding hydrogens is 276 g/mol. The summed E-state index contributed by atoms with van der Waals surface area (Å²) in [6, 6.07) is 0. The summed E-state index contributed by atoms with van der Waals surface area (Å²) in [5.41, 5.74) is 7.45. The molecule has 0 saturated heterocycles. The van der Waals surface area contributed by atoms with Crippen molar-refractivity contribution in [3.63, 3.8) is 0 Å². The fraction of sp³-hybridized carbons (Fsp3) is 0.375. The molecule has 1 amide bonds. The Kier molecular flexibility index (Phi) is 4.93. The van der Waals surface area contributed by atoms with E-state index in [2.05, 4.69) is 36.6 Å². The van der Waals surface area contributed by atoms with Gasteiger partial charge in [-0.25, -0.2) is 15.8 Å². The summed E-state index contributed by atoms with van der Waals surface area (Å²) in [5, 5.41) is 3.04. The van der Waals surface area contributed by atoms with Crippen LogP contribution in [0.1, 0.15) is 12.8 Å². The molecule has 0 bridgehead atoms. The third kappa shape index (κ3) is 3.63. The number of hydrazine groups is 1. The molecule has 0 aliphatic heterocycles. The van der Waals surface area contributed by atoms with E-state index in [9.17, 15) is 4.79 Å². The van der Waals surface area contributed by atoms with Crippen molar-refractivity contribution in [3.8, 4) is 0 Å². The molecule has 0 aliphatic rings. The first-order chi connectivity index (χ1) is 7.65. The largest absolute Gasteiger partial charge is 0.370 e. The van der Waals surface area contributed by atoms with Crippen molar-refractivity contribution in [3.05, 3.63) is 10.8 Å². The fourth-order valence-corrected chi connectivity index (χ4v) is 1.52. The fourth-order valence-electron chi connectivity index (χ4n) is 1.06. The first-order valence-electron chi connectivity index (χ1n) is 4.64. The van der Waals surface area contributed by atoms with Gasteiger partial charge in [-0.05, 0) is 22.4 Å². The molecule has 16 heavy (non-hydrogen) atoms. The maximum Gasteiger partial charge on any atom is 0.217 e. The Morgan fingerprint density at radius 1 is 1.44 bits per heavy atom. The minimum absolute atomic E-state index is 0.312. The smallest absolute Gasteiger partial charge is 0.217 e. The summed E-state index contributed by atoms with van der Waals surface area (Å²) in [6.07, 6.45) is 2.38. The lowest BCUT2D eigenvalue weighted by molar-refractivity contribution is -0.118. The van der Waals surface area contributed by atoms with E-state index < -0.39 is 0 Å². The van der Waals surface area contributed by atoms with Gasteiger partial charge < -0.3 is 16.5 Å². The number of aromatic nitrogens is 2. The minimum atomic E-state index is -0.312. The molecule has 0 saturated carbocycles. The Labute approximate surface area is 101 Å². The number of primary amides is 1. The second-order valence-corrected chi connectivity index (χ2v) is 3.82. The van der Waals surface area contributed by atoms with Crippen LogP contribution in [0, 0.1) is 0 Å². The molecule has 0 aliphatic carbocycles. The third-order valence-electron chi connectivity index (χ3n) is 1.82. The summed E-state index contributed by atoms with van der Waals surface area (Å²) in [7, 11) is 0. The van der Waals surface area contributed by atoms with E-state index in [1.807, 2.05) is 0 Å². The molecule has 1 aromatic rings. The van der Waals surface area contributed by atoms with Gasteiger partial charge in [0, 0.05) is 13.0 Å². The van der Waals surface area contributed by atoms with Crippen molar-refractivity contribution in [2.75, 3.05) is 17.3 Å². The Morgan fingerprint density at radius 3 is 2.75 bits per heavy atom. The highest BCUT2D eigenvalue weighted by molar-refractivity contribution is 9.10. The predicted molar refractivity (Wildman–Crippen MR) is 64.5 cm³/mol. The summed E-state index contributed by atoms with van der Waals surface area (Å²) < 4.78 is 0.650. The maximum absolute atomic E-state index is 10.5. The SMILES string of the molecule is NNc1ncnc(NCCCC(N)=O)c1Br. The zero-order valence-corrected chi connectivity index (χ0v) is 10.1. The zero-order valence-electron chi connectivity index (χ0n) is 8.53. The number of halogens is 1. The monoisotopic (exact) mass is 288 g/mol. The van der Waals surface area contributed by atoms with Crippen molar-refractivity contribution >= 4 is 33.5 Å². The van der Waals surface area contributed by atoms with Crippen molar-refractivity contribution in [2.24, 2.45) is 11.6 Å². The Balaban J connectivity index is 2.50. The molecule has 88 valence electrons. The predicted octanol–water partition coefficient (Wildman–Crippen LogP) is 0.202. The van der Waals surface area contributed by atoms with E-state index in [0.29, 0.717) is 35.5 Å². The van der Waals surface area contributed by atoms with Crippen LogP contribution in [-0.2, 0) is 4.79 Å². The van der Waals surface area contributed by atoms with Crippen LogP contribution in [0.3, 0.4) is 0 Å². The van der Waals surface area contributed by atoms with Gasteiger partial charge in [0.1, 0.15) is 16.6 Å². The number of nitrogen functional groups attached to an aromatic ring is 1. The lowest BCUT2D eigenvalue weighted by atomic mass is 10.3. The van der Waals surface area contributed by atoms with Gasteiger partial charge in [-0.1, -0.05) is 0 Å². The number of carbonyl (C=O) groups is 1. The van der Waals surface area contributed by atoms with Crippen molar-refractivity contribution < 1.29 is 4.79 Å². The van der Waals surface area contributed by atoms with E-state index in [-0.39, 0.29) is 5.91 Å². The summed E-state index contributed by atoms with van der Waals surface area (Å²) in [5.74, 6) is 6.05. The molecule has 1 heterocycles. The first kappa shape index (κ1) is 12.7. The molecule has 0 unspecified atom stereocenters. The Morgan fingerprint density at radius 2 is 2.12 bits per heavy atom. The second kappa shape index (κ2) is 6.23. The number of amides is 1. The van der Waals surface area contributed by atoms with Crippen molar-refractivity contribution in [1.29, 1.82) is 0 Å². The minimum Gasteiger partial charge on any atom is -0.370 e. The van der Waals surface area contributed by atoms with Gasteiger partial charge >= 0.3 is 0 Å². The molecule has 0 spiro atoms. The zero-order chi connectivity index (χ0) is 12.0. The highest BCUT2D eigenvalue weighted by Gasteiger charge is 2.06. The Bertz CT molecular complexity index is 372. The highest BCUT2D eigenvalue weighted by Crippen LogP contribution is 2.25. The van der Waals surface area contributed by atoms with Crippen LogP contribution < -0.4 is 22.3 Å². The number of hydrogen-bond donors (Lipinski definition) is 4. The van der Waals surface area contributed by atoms with E-state index >= 15 is 0 Å². The highest BCUT2D eigenvalue weighted by atomic mass is 79.9. The molecule has 8 heteroatoms. The number of anilines is 2. The Hall–Kier alpha value is -1.41. The van der Waals surface area contributed by atoms with Gasteiger partial charge in [0.2, 0.25) is 5.91 Å². The molecule has 0 aromatic carbocycles. The summed E-state index contributed by atoms with van der Waals surface area (Å²) >= 11 is 3.30. The van der Waals surface area contributed by atoms with Gasteiger partial charge in [0.05, 0.1) is 0 Å².